The van der Waals surface area contributed by atoms with Crippen LogP contribution >= 0.6 is 11.6 Å². The smallest absolute Gasteiger partial charge is 0.0409 e. The van der Waals surface area contributed by atoms with E-state index in [-0.39, 0.29) is 5.54 Å². The Labute approximate surface area is 97.0 Å². The van der Waals surface area contributed by atoms with Gasteiger partial charge in [0.25, 0.3) is 0 Å². The van der Waals surface area contributed by atoms with Crippen LogP contribution in [0.15, 0.2) is 24.3 Å². The number of benzene rings is 1. The average molecular weight is 227 g/mol. The summed E-state index contributed by atoms with van der Waals surface area (Å²) < 4.78 is 0. The molecule has 1 aromatic carbocycles. The van der Waals surface area contributed by atoms with Gasteiger partial charge in [0, 0.05) is 23.7 Å². The van der Waals surface area contributed by atoms with E-state index in [4.69, 9.17) is 17.3 Å². The highest BCUT2D eigenvalue weighted by Crippen LogP contribution is 2.12. The maximum absolute atomic E-state index is 5.95. The maximum atomic E-state index is 5.95. The minimum atomic E-state index is -0.159. The fourth-order valence-electron chi connectivity index (χ4n) is 1.70. The van der Waals surface area contributed by atoms with Crippen LogP contribution in [0.25, 0.3) is 0 Å². The highest BCUT2D eigenvalue weighted by atomic mass is 35.5. The van der Waals surface area contributed by atoms with Crippen LogP contribution in [-0.2, 0) is 6.54 Å². The normalized spacial score (nSPS) is 12.1. The standard InChI is InChI=1S/C12H19ClN2/c1-12(2,14)9-15(3)8-10-5-4-6-11(13)7-10/h4-7H,8-9,14H2,1-3H3. The molecule has 1 aromatic rings. The molecule has 0 aliphatic rings. The Kier molecular flexibility index (Phi) is 4.14. The summed E-state index contributed by atoms with van der Waals surface area (Å²) >= 11 is 5.92. The number of rotatable bonds is 4. The van der Waals surface area contributed by atoms with Gasteiger partial charge in [-0.05, 0) is 38.6 Å². The van der Waals surface area contributed by atoms with Crippen LogP contribution < -0.4 is 5.73 Å². The van der Waals surface area contributed by atoms with Crippen LogP contribution in [0.5, 0.6) is 0 Å². The summed E-state index contributed by atoms with van der Waals surface area (Å²) in [7, 11) is 2.06. The van der Waals surface area contributed by atoms with Gasteiger partial charge in [0.15, 0.2) is 0 Å². The monoisotopic (exact) mass is 226 g/mol. The second-order valence-electron chi connectivity index (χ2n) is 4.79. The van der Waals surface area contributed by atoms with Gasteiger partial charge < -0.3 is 10.6 Å². The summed E-state index contributed by atoms with van der Waals surface area (Å²) in [6, 6.07) is 7.92. The first-order valence-electron chi connectivity index (χ1n) is 5.09. The van der Waals surface area contributed by atoms with E-state index in [1.54, 1.807) is 0 Å². The minimum Gasteiger partial charge on any atom is -0.324 e. The zero-order chi connectivity index (χ0) is 11.5. The van der Waals surface area contributed by atoms with E-state index < -0.39 is 0 Å². The second kappa shape index (κ2) is 4.97. The van der Waals surface area contributed by atoms with Crippen LogP contribution in [0.3, 0.4) is 0 Å². The molecule has 0 unspecified atom stereocenters. The van der Waals surface area contributed by atoms with E-state index in [1.807, 2.05) is 32.0 Å². The van der Waals surface area contributed by atoms with Gasteiger partial charge in [0.1, 0.15) is 0 Å². The molecule has 2 nitrogen and oxygen atoms in total. The first-order valence-corrected chi connectivity index (χ1v) is 5.46. The van der Waals surface area contributed by atoms with Crippen molar-refractivity contribution in [2.75, 3.05) is 13.6 Å². The molecular formula is C12H19ClN2. The molecule has 15 heavy (non-hydrogen) atoms. The highest BCUT2D eigenvalue weighted by Gasteiger charge is 2.13. The lowest BCUT2D eigenvalue weighted by Gasteiger charge is -2.26. The summed E-state index contributed by atoms with van der Waals surface area (Å²) in [6.07, 6.45) is 0. The van der Waals surface area contributed by atoms with Crippen molar-refractivity contribution in [1.29, 1.82) is 0 Å². The lowest BCUT2D eigenvalue weighted by Crippen LogP contribution is -2.43. The van der Waals surface area contributed by atoms with Crippen LogP contribution in [0.1, 0.15) is 19.4 Å². The van der Waals surface area contributed by atoms with Crippen molar-refractivity contribution in [3.8, 4) is 0 Å². The predicted molar refractivity (Wildman–Crippen MR) is 66.1 cm³/mol. The quantitative estimate of drug-likeness (QED) is 0.855. The Morgan fingerprint density at radius 1 is 1.40 bits per heavy atom. The number of likely N-dealkylation sites (N-methyl/N-ethyl adjacent to an activating group) is 1. The van der Waals surface area contributed by atoms with Crippen molar-refractivity contribution in [1.82, 2.24) is 4.90 Å². The zero-order valence-electron chi connectivity index (χ0n) is 9.63. The molecule has 3 heteroatoms. The summed E-state index contributed by atoms with van der Waals surface area (Å²) in [5.41, 5.74) is 7.01. The van der Waals surface area contributed by atoms with Crippen LogP contribution in [0, 0.1) is 0 Å². The molecule has 0 spiro atoms. The molecule has 0 bridgehead atoms. The minimum absolute atomic E-state index is 0.159. The van der Waals surface area contributed by atoms with Crippen molar-refractivity contribution in [3.63, 3.8) is 0 Å². The highest BCUT2D eigenvalue weighted by molar-refractivity contribution is 6.30. The number of hydrogen-bond acceptors (Lipinski definition) is 2. The van der Waals surface area contributed by atoms with Gasteiger partial charge in [-0.1, -0.05) is 23.7 Å². The third-order valence-electron chi connectivity index (χ3n) is 2.02. The van der Waals surface area contributed by atoms with E-state index in [0.29, 0.717) is 0 Å². The summed E-state index contributed by atoms with van der Waals surface area (Å²) in [5, 5.41) is 0.785. The molecular weight excluding hydrogens is 208 g/mol. The molecule has 0 atom stereocenters. The molecule has 0 aliphatic heterocycles. The molecule has 1 rings (SSSR count). The van der Waals surface area contributed by atoms with E-state index in [0.717, 1.165) is 18.1 Å². The Hall–Kier alpha value is -0.570. The van der Waals surface area contributed by atoms with E-state index in [9.17, 15) is 0 Å². The molecule has 0 saturated heterocycles. The fraction of sp³-hybridized carbons (Fsp3) is 0.500. The fourth-order valence-corrected chi connectivity index (χ4v) is 1.91. The SMILES string of the molecule is CN(Cc1cccc(Cl)c1)CC(C)(C)N. The van der Waals surface area contributed by atoms with Crippen LogP contribution in [-0.4, -0.2) is 24.0 Å². The van der Waals surface area contributed by atoms with Gasteiger partial charge in [-0.2, -0.15) is 0 Å². The molecule has 0 amide bonds. The van der Waals surface area contributed by atoms with Crippen molar-refractivity contribution in [2.24, 2.45) is 5.73 Å². The molecule has 0 fully saturated rings. The number of nitrogens with zero attached hydrogens (tertiary/aromatic N) is 1. The Balaban J connectivity index is 2.55. The van der Waals surface area contributed by atoms with Crippen molar-refractivity contribution >= 4 is 11.6 Å². The third-order valence-corrected chi connectivity index (χ3v) is 2.25. The van der Waals surface area contributed by atoms with Gasteiger partial charge in [0.2, 0.25) is 0 Å². The Morgan fingerprint density at radius 2 is 2.07 bits per heavy atom. The average Bonchev–Trinajstić information content (AvgIpc) is 1.99. The van der Waals surface area contributed by atoms with E-state index in [2.05, 4.69) is 18.0 Å². The summed E-state index contributed by atoms with van der Waals surface area (Å²) in [6.45, 7) is 5.80. The molecule has 0 aliphatic carbocycles. The molecule has 84 valence electrons. The van der Waals surface area contributed by atoms with Crippen LogP contribution in [0.2, 0.25) is 5.02 Å². The van der Waals surface area contributed by atoms with Crippen molar-refractivity contribution < 1.29 is 0 Å². The molecule has 2 N–H and O–H groups in total. The Morgan fingerprint density at radius 3 is 2.60 bits per heavy atom. The first-order chi connectivity index (χ1) is 6.87. The predicted octanol–water partition coefficient (Wildman–Crippen LogP) is 2.51. The van der Waals surface area contributed by atoms with Crippen molar-refractivity contribution in [3.05, 3.63) is 34.9 Å². The topological polar surface area (TPSA) is 29.3 Å². The van der Waals surface area contributed by atoms with Gasteiger partial charge in [0.05, 0.1) is 0 Å². The molecule has 0 aromatic heterocycles. The molecule has 0 saturated carbocycles. The Bertz CT molecular complexity index is 318. The molecule has 0 radical (unpaired) electrons. The van der Waals surface area contributed by atoms with Gasteiger partial charge in [-0.3, -0.25) is 0 Å². The number of nitrogens with two attached hydrogens (primary N) is 1. The third kappa shape index (κ3) is 5.17. The van der Waals surface area contributed by atoms with Crippen molar-refractivity contribution in [2.45, 2.75) is 25.9 Å². The number of hydrogen-bond donors (Lipinski definition) is 1. The van der Waals surface area contributed by atoms with Gasteiger partial charge in [-0.15, -0.1) is 0 Å². The van der Waals surface area contributed by atoms with E-state index in [1.165, 1.54) is 5.56 Å². The zero-order valence-corrected chi connectivity index (χ0v) is 10.4. The van der Waals surface area contributed by atoms with Gasteiger partial charge in [-0.25, -0.2) is 0 Å². The summed E-state index contributed by atoms with van der Waals surface area (Å²) in [4.78, 5) is 2.20. The molecule has 0 heterocycles. The van der Waals surface area contributed by atoms with Gasteiger partial charge >= 0.3 is 0 Å². The van der Waals surface area contributed by atoms with Crippen LogP contribution in [0.4, 0.5) is 0 Å². The largest absolute Gasteiger partial charge is 0.324 e. The van der Waals surface area contributed by atoms with E-state index >= 15 is 0 Å². The summed E-state index contributed by atoms with van der Waals surface area (Å²) in [5.74, 6) is 0. The lowest BCUT2D eigenvalue weighted by molar-refractivity contribution is 0.263. The second-order valence-corrected chi connectivity index (χ2v) is 5.23. The number of halogens is 1. The first kappa shape index (κ1) is 12.5. The maximum Gasteiger partial charge on any atom is 0.0409 e. The lowest BCUT2D eigenvalue weighted by atomic mass is 10.1.